The average molecular weight is 493 g/mol. The highest BCUT2D eigenvalue weighted by Gasteiger charge is 2.46. The maximum atomic E-state index is 12.1. The number of carbonyl (C=O) groups is 1. The highest BCUT2D eigenvalue weighted by atomic mass is 16.6. The van der Waals surface area contributed by atoms with Crippen molar-refractivity contribution in [2.24, 2.45) is 11.3 Å². The van der Waals surface area contributed by atoms with Crippen molar-refractivity contribution in [3.05, 3.63) is 70.3 Å². The van der Waals surface area contributed by atoms with Gasteiger partial charge in [-0.3, -0.25) is 10.1 Å². The van der Waals surface area contributed by atoms with Gasteiger partial charge in [-0.2, -0.15) is 0 Å². The van der Waals surface area contributed by atoms with E-state index in [1.54, 1.807) is 18.2 Å². The maximum Gasteiger partial charge on any atom is 0.407 e. The molecule has 0 radical (unpaired) electrons. The van der Waals surface area contributed by atoms with E-state index >= 15 is 0 Å². The number of non-ortho nitro benzene ring substituents is 1. The van der Waals surface area contributed by atoms with Crippen molar-refractivity contribution in [1.82, 2.24) is 10.2 Å². The first-order valence-electron chi connectivity index (χ1n) is 13.2. The molecule has 1 N–H and O–H groups in total. The molecule has 0 bridgehead atoms. The van der Waals surface area contributed by atoms with Crippen molar-refractivity contribution in [1.29, 1.82) is 0 Å². The minimum absolute atomic E-state index is 0.161. The molecule has 2 heterocycles. The minimum atomic E-state index is -0.322. The number of alkyl carbamates (subject to hydrolysis) is 1. The SMILES string of the molecule is O=C(NC1CC2(CCN(CC3CCN(c4cccc([N+](=O)[O-])c4)CC3)CC2)C1)OCc1ccccc1. The zero-order chi connectivity index (χ0) is 25.0. The second-order valence-corrected chi connectivity index (χ2v) is 10.8. The monoisotopic (exact) mass is 492 g/mol. The summed E-state index contributed by atoms with van der Waals surface area (Å²) in [5, 5.41) is 14.1. The van der Waals surface area contributed by atoms with Crippen molar-refractivity contribution in [3.63, 3.8) is 0 Å². The number of amides is 1. The van der Waals surface area contributed by atoms with Crippen LogP contribution in [0.4, 0.5) is 16.2 Å². The van der Waals surface area contributed by atoms with Crippen molar-refractivity contribution in [2.75, 3.05) is 37.6 Å². The Balaban J connectivity index is 0.987. The fourth-order valence-electron chi connectivity index (χ4n) is 6.18. The van der Waals surface area contributed by atoms with Crippen LogP contribution >= 0.6 is 0 Å². The molecule has 2 saturated heterocycles. The van der Waals surface area contributed by atoms with Crippen LogP contribution in [-0.2, 0) is 11.3 Å². The Morgan fingerprint density at radius 2 is 1.75 bits per heavy atom. The molecule has 2 aromatic carbocycles. The number of hydrogen-bond donors (Lipinski definition) is 1. The van der Waals surface area contributed by atoms with Crippen molar-refractivity contribution in [3.8, 4) is 0 Å². The van der Waals surface area contributed by atoms with Gasteiger partial charge in [0.15, 0.2) is 0 Å². The lowest BCUT2D eigenvalue weighted by Gasteiger charge is -2.52. The van der Waals surface area contributed by atoms with Gasteiger partial charge in [0.1, 0.15) is 6.61 Å². The Kier molecular flexibility index (Phi) is 7.41. The van der Waals surface area contributed by atoms with Gasteiger partial charge < -0.3 is 19.9 Å². The molecule has 8 heteroatoms. The Morgan fingerprint density at radius 3 is 2.44 bits per heavy atom. The van der Waals surface area contributed by atoms with Gasteiger partial charge in [-0.1, -0.05) is 36.4 Å². The summed E-state index contributed by atoms with van der Waals surface area (Å²) < 4.78 is 5.37. The topological polar surface area (TPSA) is 88.0 Å². The number of nitro benzene ring substituents is 1. The third-order valence-corrected chi connectivity index (χ3v) is 8.35. The van der Waals surface area contributed by atoms with Crippen molar-refractivity contribution in [2.45, 2.75) is 51.2 Å². The zero-order valence-electron chi connectivity index (χ0n) is 20.8. The van der Waals surface area contributed by atoms with Gasteiger partial charge >= 0.3 is 6.09 Å². The highest BCUT2D eigenvalue weighted by Crippen LogP contribution is 2.49. The average Bonchev–Trinajstić information content (AvgIpc) is 2.89. The largest absolute Gasteiger partial charge is 0.445 e. The van der Waals surface area contributed by atoms with Gasteiger partial charge in [0, 0.05) is 43.5 Å². The number of piperidine rings is 2. The summed E-state index contributed by atoms with van der Waals surface area (Å²) in [6.45, 7) is 5.64. The van der Waals surface area contributed by atoms with Crippen molar-refractivity contribution < 1.29 is 14.5 Å². The van der Waals surface area contributed by atoms with Crippen molar-refractivity contribution >= 4 is 17.5 Å². The lowest BCUT2D eigenvalue weighted by atomic mass is 9.60. The zero-order valence-corrected chi connectivity index (χ0v) is 20.8. The second kappa shape index (κ2) is 10.9. The molecule has 2 aromatic rings. The number of likely N-dealkylation sites (tertiary alicyclic amines) is 1. The summed E-state index contributed by atoms with van der Waals surface area (Å²) in [6.07, 6.45) is 6.47. The van der Waals surface area contributed by atoms with Gasteiger partial charge in [-0.05, 0) is 74.6 Å². The molecule has 1 amide bonds. The molecule has 0 unspecified atom stereocenters. The van der Waals surface area contributed by atoms with Crippen LogP contribution in [0.5, 0.6) is 0 Å². The normalized spacial score (nSPS) is 20.6. The van der Waals surface area contributed by atoms with E-state index in [1.807, 2.05) is 36.4 Å². The number of ether oxygens (including phenoxy) is 1. The molecule has 3 aliphatic rings. The first-order valence-corrected chi connectivity index (χ1v) is 13.2. The Hall–Kier alpha value is -3.13. The Morgan fingerprint density at radius 1 is 1.03 bits per heavy atom. The molecule has 2 aliphatic heterocycles. The number of nitrogens with one attached hydrogen (secondary N) is 1. The molecular formula is C28H36N4O4. The van der Waals surface area contributed by atoms with Gasteiger partial charge in [0.25, 0.3) is 5.69 Å². The number of nitro groups is 1. The van der Waals surface area contributed by atoms with E-state index in [4.69, 9.17) is 4.74 Å². The Labute approximate surface area is 212 Å². The summed E-state index contributed by atoms with van der Waals surface area (Å²) >= 11 is 0. The second-order valence-electron chi connectivity index (χ2n) is 10.8. The minimum Gasteiger partial charge on any atom is -0.445 e. The summed E-state index contributed by atoms with van der Waals surface area (Å²) in [5.74, 6) is 0.684. The number of rotatable bonds is 7. The molecule has 1 aliphatic carbocycles. The fourth-order valence-corrected chi connectivity index (χ4v) is 6.18. The lowest BCUT2D eigenvalue weighted by Crippen LogP contribution is -2.55. The number of anilines is 1. The van der Waals surface area contributed by atoms with Crippen LogP contribution in [0.25, 0.3) is 0 Å². The molecular weight excluding hydrogens is 456 g/mol. The molecule has 0 aromatic heterocycles. The van der Waals surface area contributed by atoms with Gasteiger partial charge in [0.2, 0.25) is 0 Å². The molecule has 1 saturated carbocycles. The standard InChI is InChI=1S/C28H36N4O4/c33-27(36-21-23-5-2-1-3-6-23)29-24-18-28(19-24)11-15-30(16-12-28)20-22-9-13-31(14-10-22)25-7-4-8-26(17-25)32(34)35/h1-8,17,22,24H,9-16,18-21H2,(H,29,33). The molecule has 3 fully saturated rings. The van der Waals surface area contributed by atoms with Crippen LogP contribution in [0.1, 0.15) is 44.1 Å². The van der Waals surface area contributed by atoms with Crippen LogP contribution < -0.4 is 10.2 Å². The third kappa shape index (κ3) is 5.98. The van der Waals surface area contributed by atoms with E-state index in [0.717, 1.165) is 69.7 Å². The number of benzene rings is 2. The van der Waals surface area contributed by atoms with E-state index < -0.39 is 0 Å². The molecule has 5 rings (SSSR count). The van der Waals surface area contributed by atoms with Crippen LogP contribution in [-0.4, -0.2) is 54.7 Å². The highest BCUT2D eigenvalue weighted by molar-refractivity contribution is 5.67. The Bertz CT molecular complexity index is 1040. The van der Waals surface area contributed by atoms with E-state index in [1.165, 1.54) is 12.8 Å². The smallest absolute Gasteiger partial charge is 0.407 e. The van der Waals surface area contributed by atoms with E-state index in [9.17, 15) is 14.9 Å². The van der Waals surface area contributed by atoms with E-state index in [0.29, 0.717) is 17.9 Å². The number of nitrogens with zero attached hydrogens (tertiary/aromatic N) is 3. The lowest BCUT2D eigenvalue weighted by molar-refractivity contribution is -0.384. The summed E-state index contributed by atoms with van der Waals surface area (Å²) in [5.41, 5.74) is 2.51. The van der Waals surface area contributed by atoms with Crippen LogP contribution in [0.15, 0.2) is 54.6 Å². The predicted octanol–water partition coefficient (Wildman–Crippen LogP) is 4.98. The van der Waals surface area contributed by atoms with Crippen LogP contribution in [0.3, 0.4) is 0 Å². The molecule has 36 heavy (non-hydrogen) atoms. The van der Waals surface area contributed by atoms with Gasteiger partial charge in [-0.15, -0.1) is 0 Å². The quantitative estimate of drug-likeness (QED) is 0.433. The summed E-state index contributed by atoms with van der Waals surface area (Å²) in [4.78, 5) is 27.8. The fraction of sp³-hybridized carbons (Fsp3) is 0.536. The molecule has 8 nitrogen and oxygen atoms in total. The first-order chi connectivity index (χ1) is 17.5. The number of hydrogen-bond acceptors (Lipinski definition) is 6. The summed E-state index contributed by atoms with van der Waals surface area (Å²) in [6, 6.07) is 17.0. The van der Waals surface area contributed by atoms with Crippen LogP contribution in [0, 0.1) is 21.4 Å². The summed E-state index contributed by atoms with van der Waals surface area (Å²) in [7, 11) is 0. The molecule has 1 spiro atoms. The van der Waals surface area contributed by atoms with Gasteiger partial charge in [-0.25, -0.2) is 4.79 Å². The molecule has 0 atom stereocenters. The predicted molar refractivity (Wildman–Crippen MR) is 139 cm³/mol. The third-order valence-electron chi connectivity index (χ3n) is 8.35. The van der Waals surface area contributed by atoms with Crippen LogP contribution in [0.2, 0.25) is 0 Å². The van der Waals surface area contributed by atoms with E-state index in [-0.39, 0.29) is 22.7 Å². The maximum absolute atomic E-state index is 12.1. The van der Waals surface area contributed by atoms with Gasteiger partial charge in [0.05, 0.1) is 4.92 Å². The first kappa shape index (κ1) is 24.6. The number of carbonyl (C=O) groups excluding carboxylic acids is 1. The molecule has 192 valence electrons. The van der Waals surface area contributed by atoms with E-state index in [2.05, 4.69) is 15.1 Å².